The van der Waals surface area contributed by atoms with Gasteiger partial charge in [-0.1, -0.05) is 67.6 Å². The van der Waals surface area contributed by atoms with Gasteiger partial charge in [-0.3, -0.25) is 0 Å². The largest absolute Gasteiger partial charge is 0.0720 e. The van der Waals surface area contributed by atoms with E-state index in [1.54, 1.807) is 0 Å². The van der Waals surface area contributed by atoms with Crippen molar-refractivity contribution in [2.75, 3.05) is 0 Å². The fourth-order valence-corrected chi connectivity index (χ4v) is 2.50. The highest BCUT2D eigenvalue weighted by Gasteiger charge is 2.17. The molecule has 0 fully saturated rings. The lowest BCUT2D eigenvalue weighted by Gasteiger charge is -2.11. The molecule has 1 atom stereocenters. The quantitative estimate of drug-likeness (QED) is 0.703. The highest BCUT2D eigenvalue weighted by Crippen LogP contribution is 2.34. The Labute approximate surface area is 103 Å². The van der Waals surface area contributed by atoms with E-state index in [9.17, 15) is 0 Å². The van der Waals surface area contributed by atoms with Gasteiger partial charge < -0.3 is 0 Å². The van der Waals surface area contributed by atoms with Crippen molar-refractivity contribution in [1.29, 1.82) is 0 Å². The molecule has 84 valence electrons. The van der Waals surface area contributed by atoms with E-state index < -0.39 is 0 Å². The summed E-state index contributed by atoms with van der Waals surface area (Å²) in [7, 11) is 0. The van der Waals surface area contributed by atoms with E-state index in [4.69, 9.17) is 0 Å². The first-order valence-corrected chi connectivity index (χ1v) is 6.24. The van der Waals surface area contributed by atoms with E-state index in [1.165, 1.54) is 22.3 Å². The SMILES string of the molecule is CCc1ccc(C2C=Cc3ccccc32)cc1. The van der Waals surface area contributed by atoms with Gasteiger partial charge in [0.25, 0.3) is 0 Å². The summed E-state index contributed by atoms with van der Waals surface area (Å²) in [5.41, 5.74) is 5.58. The second kappa shape index (κ2) is 4.21. The zero-order valence-corrected chi connectivity index (χ0v) is 10.1. The van der Waals surface area contributed by atoms with Crippen LogP contribution in [-0.4, -0.2) is 0 Å². The lowest BCUT2D eigenvalue weighted by Crippen LogP contribution is -1.95. The Morgan fingerprint density at radius 3 is 2.47 bits per heavy atom. The summed E-state index contributed by atoms with van der Waals surface area (Å²) in [5.74, 6) is 0.442. The molecule has 0 heteroatoms. The van der Waals surface area contributed by atoms with Crippen molar-refractivity contribution in [3.63, 3.8) is 0 Å². The maximum absolute atomic E-state index is 2.30. The van der Waals surface area contributed by atoms with Crippen LogP contribution in [0.3, 0.4) is 0 Å². The van der Waals surface area contributed by atoms with Crippen LogP contribution in [-0.2, 0) is 6.42 Å². The summed E-state index contributed by atoms with van der Waals surface area (Å²) in [5, 5.41) is 0. The molecular weight excluding hydrogens is 204 g/mol. The van der Waals surface area contributed by atoms with E-state index in [1.807, 2.05) is 0 Å². The van der Waals surface area contributed by atoms with Gasteiger partial charge >= 0.3 is 0 Å². The maximum Gasteiger partial charge on any atom is 0.0278 e. The molecule has 1 unspecified atom stereocenters. The molecule has 1 aliphatic carbocycles. The molecule has 1 aliphatic rings. The van der Waals surface area contributed by atoms with Gasteiger partial charge in [-0.25, -0.2) is 0 Å². The van der Waals surface area contributed by atoms with Gasteiger partial charge in [-0.15, -0.1) is 0 Å². The number of allylic oxidation sites excluding steroid dienone is 1. The van der Waals surface area contributed by atoms with Gasteiger partial charge in [0.1, 0.15) is 0 Å². The number of hydrogen-bond donors (Lipinski definition) is 0. The third-order valence-electron chi connectivity index (χ3n) is 3.55. The highest BCUT2D eigenvalue weighted by atomic mass is 14.2. The number of hydrogen-bond acceptors (Lipinski definition) is 0. The second-order valence-corrected chi connectivity index (χ2v) is 4.56. The van der Waals surface area contributed by atoms with Crippen LogP contribution < -0.4 is 0 Å². The van der Waals surface area contributed by atoms with Crippen molar-refractivity contribution in [2.24, 2.45) is 0 Å². The minimum Gasteiger partial charge on any atom is -0.0720 e. The molecule has 0 bridgehead atoms. The molecule has 2 aromatic rings. The predicted molar refractivity (Wildman–Crippen MR) is 73.1 cm³/mol. The average Bonchev–Trinajstić information content (AvgIpc) is 2.83. The van der Waals surface area contributed by atoms with E-state index in [0.717, 1.165) is 6.42 Å². The van der Waals surface area contributed by atoms with Gasteiger partial charge in [0.15, 0.2) is 0 Å². The summed E-state index contributed by atoms with van der Waals surface area (Å²) < 4.78 is 0. The minimum atomic E-state index is 0.442. The van der Waals surface area contributed by atoms with E-state index in [2.05, 4.69) is 67.6 Å². The van der Waals surface area contributed by atoms with Gasteiger partial charge in [-0.05, 0) is 28.7 Å². The van der Waals surface area contributed by atoms with Gasteiger partial charge in [0.2, 0.25) is 0 Å². The molecular formula is C17H16. The van der Waals surface area contributed by atoms with E-state index >= 15 is 0 Å². The Bertz CT molecular complexity index is 547. The van der Waals surface area contributed by atoms with Crippen LogP contribution in [0.25, 0.3) is 6.08 Å². The number of benzene rings is 2. The molecule has 3 rings (SSSR count). The van der Waals surface area contributed by atoms with Gasteiger partial charge in [-0.2, -0.15) is 0 Å². The van der Waals surface area contributed by atoms with Crippen LogP contribution >= 0.6 is 0 Å². The topological polar surface area (TPSA) is 0 Å². The Morgan fingerprint density at radius 1 is 0.941 bits per heavy atom. The molecule has 2 aromatic carbocycles. The molecule has 0 aliphatic heterocycles. The predicted octanol–water partition coefficient (Wildman–Crippen LogP) is 4.41. The van der Waals surface area contributed by atoms with Crippen molar-refractivity contribution in [1.82, 2.24) is 0 Å². The van der Waals surface area contributed by atoms with Crippen molar-refractivity contribution < 1.29 is 0 Å². The zero-order chi connectivity index (χ0) is 11.7. The standard InChI is InChI=1S/C17H16/c1-2-13-7-9-15(10-8-13)17-12-11-14-5-3-4-6-16(14)17/h3-12,17H,2H2,1H3. The molecule has 0 aromatic heterocycles. The first-order chi connectivity index (χ1) is 8.38. The third-order valence-corrected chi connectivity index (χ3v) is 3.55. The smallest absolute Gasteiger partial charge is 0.0278 e. The summed E-state index contributed by atoms with van der Waals surface area (Å²) in [6, 6.07) is 17.6. The van der Waals surface area contributed by atoms with E-state index in [-0.39, 0.29) is 0 Å². The average molecular weight is 220 g/mol. The fraction of sp³-hybridized carbons (Fsp3) is 0.176. The van der Waals surface area contributed by atoms with Crippen LogP contribution in [0.1, 0.15) is 35.1 Å². The summed E-state index contributed by atoms with van der Waals surface area (Å²) in [6.45, 7) is 2.19. The molecule has 0 saturated heterocycles. The van der Waals surface area contributed by atoms with Crippen LogP contribution in [0.5, 0.6) is 0 Å². The lowest BCUT2D eigenvalue weighted by atomic mass is 9.92. The monoisotopic (exact) mass is 220 g/mol. The summed E-state index contributed by atoms with van der Waals surface area (Å²) >= 11 is 0. The zero-order valence-electron chi connectivity index (χ0n) is 10.1. The molecule has 0 saturated carbocycles. The van der Waals surface area contributed by atoms with Crippen molar-refractivity contribution in [2.45, 2.75) is 19.3 Å². The Hall–Kier alpha value is -1.82. The Morgan fingerprint density at radius 2 is 1.71 bits per heavy atom. The van der Waals surface area contributed by atoms with Crippen molar-refractivity contribution >= 4 is 6.08 Å². The second-order valence-electron chi connectivity index (χ2n) is 4.56. The van der Waals surface area contributed by atoms with Crippen LogP contribution in [0.4, 0.5) is 0 Å². The first-order valence-electron chi connectivity index (χ1n) is 6.24. The number of fused-ring (bicyclic) bond motifs is 1. The molecule has 0 N–H and O–H groups in total. The molecule has 0 radical (unpaired) electrons. The van der Waals surface area contributed by atoms with Crippen LogP contribution in [0, 0.1) is 0 Å². The van der Waals surface area contributed by atoms with Crippen molar-refractivity contribution in [3.8, 4) is 0 Å². The minimum absolute atomic E-state index is 0.442. The molecule has 0 amide bonds. The normalized spacial score (nSPS) is 17.1. The fourth-order valence-electron chi connectivity index (χ4n) is 2.50. The van der Waals surface area contributed by atoms with Crippen LogP contribution in [0.15, 0.2) is 54.6 Å². The number of aryl methyl sites for hydroxylation is 1. The first kappa shape index (κ1) is 10.3. The third kappa shape index (κ3) is 1.80. The highest BCUT2D eigenvalue weighted by molar-refractivity contribution is 5.65. The molecule has 0 spiro atoms. The Balaban J connectivity index is 1.98. The molecule has 0 nitrogen and oxygen atoms in total. The van der Waals surface area contributed by atoms with Gasteiger partial charge in [0, 0.05) is 5.92 Å². The van der Waals surface area contributed by atoms with Crippen molar-refractivity contribution in [3.05, 3.63) is 76.9 Å². The summed E-state index contributed by atoms with van der Waals surface area (Å²) in [4.78, 5) is 0. The Kier molecular flexibility index (Phi) is 2.56. The maximum atomic E-state index is 2.30. The lowest BCUT2D eigenvalue weighted by molar-refractivity contribution is 1.04. The van der Waals surface area contributed by atoms with Crippen LogP contribution in [0.2, 0.25) is 0 Å². The van der Waals surface area contributed by atoms with E-state index in [0.29, 0.717) is 5.92 Å². The molecule has 17 heavy (non-hydrogen) atoms. The summed E-state index contributed by atoms with van der Waals surface area (Å²) in [6.07, 6.45) is 5.64. The molecule has 0 heterocycles. The van der Waals surface area contributed by atoms with Gasteiger partial charge in [0.05, 0.1) is 0 Å². The number of rotatable bonds is 2.